The summed E-state index contributed by atoms with van der Waals surface area (Å²) in [5.74, 6) is 2.90. The summed E-state index contributed by atoms with van der Waals surface area (Å²) in [6, 6.07) is 3.03. The van der Waals surface area contributed by atoms with Crippen molar-refractivity contribution in [2.24, 2.45) is 23.7 Å². The summed E-state index contributed by atoms with van der Waals surface area (Å²) in [5.41, 5.74) is 0. The second-order valence-corrected chi connectivity index (χ2v) is 6.13. The molecule has 0 spiro atoms. The molecule has 2 heteroatoms. The van der Waals surface area contributed by atoms with Crippen molar-refractivity contribution in [3.63, 3.8) is 0 Å². The number of nitriles is 1. The van der Waals surface area contributed by atoms with Gasteiger partial charge < -0.3 is 4.90 Å². The van der Waals surface area contributed by atoms with E-state index >= 15 is 0 Å². The Morgan fingerprint density at radius 2 is 1.94 bits per heavy atom. The van der Waals surface area contributed by atoms with E-state index < -0.39 is 0 Å². The normalized spacial score (nSPS) is 43.1. The van der Waals surface area contributed by atoms with Crippen LogP contribution in [0.4, 0.5) is 0 Å². The molecule has 0 amide bonds. The molecule has 0 aromatic rings. The van der Waals surface area contributed by atoms with Crippen LogP contribution in [0.15, 0.2) is 0 Å². The molecule has 5 atom stereocenters. The molecule has 0 aromatic carbocycles. The van der Waals surface area contributed by atoms with Crippen LogP contribution in [0.2, 0.25) is 0 Å². The summed E-state index contributed by atoms with van der Waals surface area (Å²) in [4.78, 5) is 2.47. The molecule has 5 unspecified atom stereocenters. The Morgan fingerprint density at radius 1 is 1.25 bits per heavy atom. The first kappa shape index (κ1) is 11.9. The van der Waals surface area contributed by atoms with Crippen LogP contribution in [-0.2, 0) is 0 Å². The van der Waals surface area contributed by atoms with Gasteiger partial charge in [-0.3, -0.25) is 0 Å². The summed E-state index contributed by atoms with van der Waals surface area (Å²) in [5, 5.41) is 9.22. The Kier molecular flexibility index (Phi) is 3.54. The summed E-state index contributed by atoms with van der Waals surface area (Å²) >= 11 is 0. The van der Waals surface area contributed by atoms with Crippen molar-refractivity contribution in [2.75, 3.05) is 13.6 Å². The van der Waals surface area contributed by atoms with Gasteiger partial charge in [0.05, 0.1) is 12.0 Å². The van der Waals surface area contributed by atoms with Gasteiger partial charge in [0.15, 0.2) is 0 Å². The van der Waals surface area contributed by atoms with E-state index in [0.29, 0.717) is 6.04 Å². The fraction of sp³-hybridized carbons (Fsp3) is 0.929. The van der Waals surface area contributed by atoms with Crippen molar-refractivity contribution >= 4 is 0 Å². The van der Waals surface area contributed by atoms with Gasteiger partial charge in [-0.25, -0.2) is 0 Å². The van der Waals surface area contributed by atoms with Gasteiger partial charge in [0, 0.05) is 12.6 Å². The fourth-order valence-corrected chi connectivity index (χ4v) is 3.15. The zero-order chi connectivity index (χ0) is 11.7. The van der Waals surface area contributed by atoms with Gasteiger partial charge in [-0.2, -0.15) is 5.26 Å². The first-order chi connectivity index (χ1) is 7.61. The largest absolute Gasteiger partial charge is 0.302 e. The molecular weight excluding hydrogens is 196 g/mol. The molecule has 0 bridgehead atoms. The maximum absolute atomic E-state index is 9.22. The summed E-state index contributed by atoms with van der Waals surface area (Å²) in [6.07, 6.45) is 4.95. The summed E-state index contributed by atoms with van der Waals surface area (Å²) in [6.45, 7) is 5.87. The quantitative estimate of drug-likeness (QED) is 0.731. The van der Waals surface area contributed by atoms with Crippen LogP contribution in [0, 0.1) is 35.0 Å². The number of nitrogens with zero attached hydrogens (tertiary/aromatic N) is 2. The van der Waals surface area contributed by atoms with Gasteiger partial charge in [0.1, 0.15) is 0 Å². The van der Waals surface area contributed by atoms with Crippen LogP contribution >= 0.6 is 0 Å². The Balaban J connectivity index is 1.91. The summed E-state index contributed by atoms with van der Waals surface area (Å²) < 4.78 is 0. The monoisotopic (exact) mass is 220 g/mol. The van der Waals surface area contributed by atoms with Crippen molar-refractivity contribution in [2.45, 2.75) is 45.6 Å². The zero-order valence-electron chi connectivity index (χ0n) is 10.8. The van der Waals surface area contributed by atoms with Gasteiger partial charge in [-0.15, -0.1) is 0 Å². The van der Waals surface area contributed by atoms with E-state index in [1.54, 1.807) is 0 Å². The highest BCUT2D eigenvalue weighted by atomic mass is 15.1. The second kappa shape index (κ2) is 4.75. The minimum Gasteiger partial charge on any atom is -0.302 e. The van der Waals surface area contributed by atoms with Crippen LogP contribution in [0.5, 0.6) is 0 Å². The Morgan fingerprint density at radius 3 is 2.50 bits per heavy atom. The zero-order valence-corrected chi connectivity index (χ0v) is 10.8. The topological polar surface area (TPSA) is 27.0 Å². The first-order valence-electron chi connectivity index (χ1n) is 6.71. The van der Waals surface area contributed by atoms with Crippen molar-refractivity contribution in [3.8, 4) is 6.07 Å². The van der Waals surface area contributed by atoms with Crippen molar-refractivity contribution in [3.05, 3.63) is 0 Å². The fourth-order valence-electron chi connectivity index (χ4n) is 3.15. The lowest BCUT2D eigenvalue weighted by Crippen LogP contribution is -2.42. The lowest BCUT2D eigenvalue weighted by molar-refractivity contribution is 0.125. The molecule has 2 aliphatic rings. The van der Waals surface area contributed by atoms with Crippen LogP contribution in [-0.4, -0.2) is 24.5 Å². The lowest BCUT2D eigenvalue weighted by atomic mass is 9.79. The molecule has 0 saturated heterocycles. The van der Waals surface area contributed by atoms with Crippen LogP contribution < -0.4 is 0 Å². The average Bonchev–Trinajstić information content (AvgIpc) is 2.94. The van der Waals surface area contributed by atoms with E-state index in [1.165, 1.54) is 25.8 Å². The van der Waals surface area contributed by atoms with Gasteiger partial charge in [0.25, 0.3) is 0 Å². The molecule has 2 saturated carbocycles. The first-order valence-corrected chi connectivity index (χ1v) is 6.71. The Hall–Kier alpha value is -0.550. The van der Waals surface area contributed by atoms with E-state index in [1.807, 2.05) is 0 Å². The summed E-state index contributed by atoms with van der Waals surface area (Å²) in [7, 11) is 2.22. The predicted molar refractivity (Wildman–Crippen MR) is 65.8 cm³/mol. The molecule has 2 nitrogen and oxygen atoms in total. The number of hydrogen-bond acceptors (Lipinski definition) is 2. The van der Waals surface area contributed by atoms with Crippen LogP contribution in [0.3, 0.4) is 0 Å². The third-order valence-electron chi connectivity index (χ3n) is 4.61. The SMILES string of the molecule is CC1CCC(C#N)C(N(C)CC2CC2C)C1. The third kappa shape index (κ3) is 2.58. The smallest absolute Gasteiger partial charge is 0.0672 e. The highest BCUT2D eigenvalue weighted by Gasteiger charge is 2.37. The van der Waals surface area contributed by atoms with E-state index in [-0.39, 0.29) is 5.92 Å². The van der Waals surface area contributed by atoms with Crippen molar-refractivity contribution < 1.29 is 0 Å². The van der Waals surface area contributed by atoms with Crippen molar-refractivity contribution in [1.82, 2.24) is 4.90 Å². The lowest BCUT2D eigenvalue weighted by Gasteiger charge is -2.37. The minimum atomic E-state index is 0.273. The molecule has 2 fully saturated rings. The molecule has 0 N–H and O–H groups in total. The molecule has 0 aromatic heterocycles. The maximum Gasteiger partial charge on any atom is 0.0672 e. The van der Waals surface area contributed by atoms with Crippen LogP contribution in [0.1, 0.15) is 39.5 Å². The molecule has 2 rings (SSSR count). The van der Waals surface area contributed by atoms with Gasteiger partial charge >= 0.3 is 0 Å². The molecule has 0 radical (unpaired) electrons. The molecule has 0 aliphatic heterocycles. The molecule has 0 heterocycles. The standard InChI is InChI=1S/C14H24N2/c1-10-4-5-12(8-15)14(6-10)16(3)9-13-7-11(13)2/h10-14H,4-7,9H2,1-3H3. The Bertz CT molecular complexity index is 281. The highest BCUT2D eigenvalue weighted by Crippen LogP contribution is 2.40. The van der Waals surface area contributed by atoms with E-state index in [0.717, 1.165) is 24.2 Å². The number of hydrogen-bond donors (Lipinski definition) is 0. The second-order valence-electron chi connectivity index (χ2n) is 6.13. The molecule has 2 aliphatic carbocycles. The highest BCUT2D eigenvalue weighted by molar-refractivity contribution is 4.97. The van der Waals surface area contributed by atoms with E-state index in [2.05, 4.69) is 31.9 Å². The van der Waals surface area contributed by atoms with E-state index in [4.69, 9.17) is 0 Å². The van der Waals surface area contributed by atoms with Gasteiger partial charge in [0.2, 0.25) is 0 Å². The average molecular weight is 220 g/mol. The Labute approximate surface area is 99.6 Å². The van der Waals surface area contributed by atoms with Gasteiger partial charge in [-0.1, -0.05) is 13.8 Å². The van der Waals surface area contributed by atoms with Crippen molar-refractivity contribution in [1.29, 1.82) is 5.26 Å². The molecular formula is C14H24N2. The van der Waals surface area contributed by atoms with Gasteiger partial charge in [-0.05, 0) is 50.5 Å². The van der Waals surface area contributed by atoms with Crippen LogP contribution in [0.25, 0.3) is 0 Å². The minimum absolute atomic E-state index is 0.273. The molecule has 16 heavy (non-hydrogen) atoms. The maximum atomic E-state index is 9.22. The predicted octanol–water partition coefficient (Wildman–Crippen LogP) is 2.90. The molecule has 90 valence electrons. The third-order valence-corrected chi connectivity index (χ3v) is 4.61. The van der Waals surface area contributed by atoms with E-state index in [9.17, 15) is 5.26 Å². The number of rotatable bonds is 3.